The van der Waals surface area contributed by atoms with Gasteiger partial charge in [0, 0.05) is 23.3 Å². The van der Waals surface area contributed by atoms with Crippen LogP contribution in [-0.2, 0) is 4.79 Å². The van der Waals surface area contributed by atoms with Gasteiger partial charge in [-0.15, -0.1) is 0 Å². The van der Waals surface area contributed by atoms with E-state index in [0.29, 0.717) is 12.5 Å². The number of rotatable bonds is 5. The zero-order chi connectivity index (χ0) is 13.7. The summed E-state index contributed by atoms with van der Waals surface area (Å²) in [7, 11) is 0. The highest BCUT2D eigenvalue weighted by Gasteiger charge is 2.23. The first-order valence-electron chi connectivity index (χ1n) is 6.56. The average Bonchev–Trinajstić information content (AvgIpc) is 2.77. The summed E-state index contributed by atoms with van der Waals surface area (Å²) in [6, 6.07) is 7.58. The fourth-order valence-corrected chi connectivity index (χ4v) is 2.84. The number of carbonyl (C=O) groups is 1. The van der Waals surface area contributed by atoms with Gasteiger partial charge in [-0.05, 0) is 43.5 Å². The Kier molecular flexibility index (Phi) is 5.36. The number of anilines is 1. The second kappa shape index (κ2) is 7.03. The molecule has 1 amide bonds. The van der Waals surface area contributed by atoms with E-state index in [0.717, 1.165) is 36.1 Å². The number of amides is 1. The molecular weight excluding hydrogens is 308 g/mol. The Bertz CT molecular complexity index is 439. The van der Waals surface area contributed by atoms with Gasteiger partial charge in [0.15, 0.2) is 0 Å². The van der Waals surface area contributed by atoms with E-state index in [1.807, 2.05) is 24.3 Å². The molecule has 5 heteroatoms. The lowest BCUT2D eigenvalue weighted by molar-refractivity contribution is -0.117. The zero-order valence-corrected chi connectivity index (χ0v) is 12.4. The standard InChI is InChI=1S/C14H19BrN2O2/c15-12-2-1-3-13(8-12)16-14(19)10-17-6-4-11(9-17)5-7-18/h1-3,8,11,18H,4-7,9-10H2,(H,16,19). The van der Waals surface area contributed by atoms with Gasteiger partial charge in [0.25, 0.3) is 0 Å². The van der Waals surface area contributed by atoms with E-state index >= 15 is 0 Å². The van der Waals surface area contributed by atoms with Crippen molar-refractivity contribution in [3.05, 3.63) is 28.7 Å². The molecule has 104 valence electrons. The average molecular weight is 327 g/mol. The van der Waals surface area contributed by atoms with Crippen molar-refractivity contribution in [1.82, 2.24) is 4.90 Å². The summed E-state index contributed by atoms with van der Waals surface area (Å²) in [4.78, 5) is 14.1. The van der Waals surface area contributed by atoms with Crippen LogP contribution in [0, 0.1) is 5.92 Å². The first-order chi connectivity index (χ1) is 9.17. The van der Waals surface area contributed by atoms with Gasteiger partial charge in [-0.3, -0.25) is 9.69 Å². The van der Waals surface area contributed by atoms with Crippen LogP contribution in [0.5, 0.6) is 0 Å². The van der Waals surface area contributed by atoms with E-state index in [1.54, 1.807) is 0 Å². The molecule has 1 aromatic carbocycles. The predicted molar refractivity (Wildman–Crippen MR) is 79.0 cm³/mol. The number of halogens is 1. The van der Waals surface area contributed by atoms with Crippen LogP contribution in [0.4, 0.5) is 5.69 Å². The monoisotopic (exact) mass is 326 g/mol. The summed E-state index contributed by atoms with van der Waals surface area (Å²) >= 11 is 3.38. The van der Waals surface area contributed by atoms with Crippen molar-refractivity contribution < 1.29 is 9.90 Å². The van der Waals surface area contributed by atoms with E-state index in [2.05, 4.69) is 26.1 Å². The van der Waals surface area contributed by atoms with E-state index in [4.69, 9.17) is 5.11 Å². The Morgan fingerprint density at radius 3 is 3.11 bits per heavy atom. The van der Waals surface area contributed by atoms with Gasteiger partial charge in [0.1, 0.15) is 0 Å². The highest BCUT2D eigenvalue weighted by Crippen LogP contribution is 2.19. The van der Waals surface area contributed by atoms with Crippen LogP contribution in [-0.4, -0.2) is 42.2 Å². The Hall–Kier alpha value is -0.910. The highest BCUT2D eigenvalue weighted by molar-refractivity contribution is 9.10. The van der Waals surface area contributed by atoms with Gasteiger partial charge < -0.3 is 10.4 Å². The van der Waals surface area contributed by atoms with Crippen LogP contribution in [0.15, 0.2) is 28.7 Å². The summed E-state index contributed by atoms with van der Waals surface area (Å²) in [5.74, 6) is 0.548. The summed E-state index contributed by atoms with van der Waals surface area (Å²) in [6.07, 6.45) is 1.91. The predicted octanol–water partition coefficient (Wildman–Crippen LogP) is 2.09. The van der Waals surface area contributed by atoms with E-state index < -0.39 is 0 Å². The number of nitrogens with one attached hydrogen (secondary N) is 1. The molecule has 2 N–H and O–H groups in total. The van der Waals surface area contributed by atoms with Gasteiger partial charge in [0.2, 0.25) is 5.91 Å². The number of benzene rings is 1. The second-order valence-corrected chi connectivity index (χ2v) is 5.88. The Morgan fingerprint density at radius 1 is 1.53 bits per heavy atom. The summed E-state index contributed by atoms with van der Waals surface area (Å²) in [6.45, 7) is 2.51. The minimum Gasteiger partial charge on any atom is -0.396 e. The third-order valence-corrected chi connectivity index (χ3v) is 3.88. The molecule has 1 aliphatic rings. The van der Waals surface area contributed by atoms with Crippen LogP contribution >= 0.6 is 15.9 Å². The second-order valence-electron chi connectivity index (χ2n) is 4.96. The maximum absolute atomic E-state index is 11.9. The fourth-order valence-electron chi connectivity index (χ4n) is 2.44. The van der Waals surface area contributed by atoms with Crippen molar-refractivity contribution in [3.63, 3.8) is 0 Å². The van der Waals surface area contributed by atoms with Crippen molar-refractivity contribution in [2.24, 2.45) is 5.92 Å². The SMILES string of the molecule is O=C(CN1CCC(CCO)C1)Nc1cccc(Br)c1. The molecule has 1 saturated heterocycles. The number of aliphatic hydroxyl groups excluding tert-OH is 1. The maximum atomic E-state index is 11.9. The number of hydrogen-bond donors (Lipinski definition) is 2. The lowest BCUT2D eigenvalue weighted by Crippen LogP contribution is -2.31. The quantitative estimate of drug-likeness (QED) is 0.871. The third kappa shape index (κ3) is 4.60. The first-order valence-corrected chi connectivity index (χ1v) is 7.35. The van der Waals surface area contributed by atoms with E-state index in [1.165, 1.54) is 0 Å². The normalized spacial score (nSPS) is 19.6. The molecule has 19 heavy (non-hydrogen) atoms. The summed E-state index contributed by atoms with van der Waals surface area (Å²) in [5, 5.41) is 11.8. The van der Waals surface area contributed by atoms with Gasteiger partial charge in [0.05, 0.1) is 6.54 Å². The number of carbonyl (C=O) groups excluding carboxylic acids is 1. The van der Waals surface area contributed by atoms with Crippen molar-refractivity contribution in [1.29, 1.82) is 0 Å². The smallest absolute Gasteiger partial charge is 0.238 e. The maximum Gasteiger partial charge on any atom is 0.238 e. The van der Waals surface area contributed by atoms with Crippen LogP contribution in [0.1, 0.15) is 12.8 Å². The van der Waals surface area contributed by atoms with E-state index in [-0.39, 0.29) is 12.5 Å². The van der Waals surface area contributed by atoms with Crippen molar-refractivity contribution >= 4 is 27.5 Å². The van der Waals surface area contributed by atoms with E-state index in [9.17, 15) is 4.79 Å². The third-order valence-electron chi connectivity index (χ3n) is 3.38. The molecular formula is C14H19BrN2O2. The number of likely N-dealkylation sites (tertiary alicyclic amines) is 1. The van der Waals surface area contributed by atoms with Gasteiger partial charge in [-0.25, -0.2) is 0 Å². The van der Waals surface area contributed by atoms with Crippen LogP contribution in [0.25, 0.3) is 0 Å². The molecule has 1 aliphatic heterocycles. The summed E-state index contributed by atoms with van der Waals surface area (Å²) < 4.78 is 0.953. The number of nitrogens with zero attached hydrogens (tertiary/aromatic N) is 1. The molecule has 2 rings (SSSR count). The molecule has 4 nitrogen and oxygen atoms in total. The Labute approximate surface area is 121 Å². The molecule has 1 unspecified atom stereocenters. The van der Waals surface area contributed by atoms with Crippen LogP contribution in [0.3, 0.4) is 0 Å². The number of hydrogen-bond acceptors (Lipinski definition) is 3. The largest absolute Gasteiger partial charge is 0.396 e. The molecule has 0 aliphatic carbocycles. The minimum absolute atomic E-state index is 0.0164. The lowest BCUT2D eigenvalue weighted by Gasteiger charge is -2.15. The molecule has 1 atom stereocenters. The van der Waals surface area contributed by atoms with Gasteiger partial charge in [-0.1, -0.05) is 22.0 Å². The zero-order valence-electron chi connectivity index (χ0n) is 10.8. The fraction of sp³-hybridized carbons (Fsp3) is 0.500. The molecule has 0 aromatic heterocycles. The van der Waals surface area contributed by atoms with Gasteiger partial charge in [-0.2, -0.15) is 0 Å². The molecule has 1 fully saturated rings. The van der Waals surface area contributed by atoms with Gasteiger partial charge >= 0.3 is 0 Å². The molecule has 0 radical (unpaired) electrons. The molecule has 1 aromatic rings. The highest BCUT2D eigenvalue weighted by atomic mass is 79.9. The van der Waals surface area contributed by atoms with Crippen molar-refractivity contribution in [3.8, 4) is 0 Å². The molecule has 0 spiro atoms. The Balaban J connectivity index is 1.79. The van der Waals surface area contributed by atoms with Crippen LogP contribution in [0.2, 0.25) is 0 Å². The topological polar surface area (TPSA) is 52.6 Å². The summed E-state index contributed by atoms with van der Waals surface area (Å²) in [5.41, 5.74) is 0.811. The Morgan fingerprint density at radius 2 is 2.37 bits per heavy atom. The molecule has 0 bridgehead atoms. The lowest BCUT2D eigenvalue weighted by atomic mass is 10.1. The van der Waals surface area contributed by atoms with Crippen molar-refractivity contribution in [2.45, 2.75) is 12.8 Å². The number of aliphatic hydroxyl groups is 1. The molecule has 1 heterocycles. The van der Waals surface area contributed by atoms with Crippen LogP contribution < -0.4 is 5.32 Å². The minimum atomic E-state index is 0.0164. The first kappa shape index (κ1) is 14.5. The van der Waals surface area contributed by atoms with Crippen molar-refractivity contribution in [2.75, 3.05) is 31.6 Å². The molecule has 0 saturated carbocycles.